The summed E-state index contributed by atoms with van der Waals surface area (Å²) >= 11 is 0. The zero-order chi connectivity index (χ0) is 15.8. The molecule has 0 spiro atoms. The number of nitrogens with two attached hydrogens (primary N) is 1. The number of hydrogen-bond acceptors (Lipinski definition) is 3. The second-order valence-electron chi connectivity index (χ2n) is 5.88. The van der Waals surface area contributed by atoms with Crippen molar-refractivity contribution in [1.82, 2.24) is 5.32 Å². The highest BCUT2D eigenvalue weighted by Crippen LogP contribution is 2.26. The topological polar surface area (TPSA) is 84.5 Å². The van der Waals surface area contributed by atoms with Gasteiger partial charge in [0.2, 0.25) is 0 Å². The quantitative estimate of drug-likeness (QED) is 0.433. The van der Waals surface area contributed by atoms with E-state index < -0.39 is 9.84 Å². The van der Waals surface area contributed by atoms with E-state index in [0.29, 0.717) is 24.8 Å². The molecule has 0 radical (unpaired) electrons. The van der Waals surface area contributed by atoms with Crippen LogP contribution in [0, 0.1) is 5.92 Å². The molecule has 0 unspecified atom stereocenters. The molecule has 0 aliphatic heterocycles. The van der Waals surface area contributed by atoms with Crippen molar-refractivity contribution < 1.29 is 8.42 Å². The molecule has 0 atom stereocenters. The molecule has 0 bridgehead atoms. The van der Waals surface area contributed by atoms with E-state index in [9.17, 15) is 8.42 Å². The van der Waals surface area contributed by atoms with Crippen LogP contribution in [-0.4, -0.2) is 33.2 Å². The summed E-state index contributed by atoms with van der Waals surface area (Å²) in [4.78, 5) is 4.28. The molecule has 1 fully saturated rings. The third-order valence-corrected chi connectivity index (χ3v) is 5.60. The zero-order valence-corrected chi connectivity index (χ0v) is 13.7. The first-order chi connectivity index (χ1) is 10.6. The van der Waals surface area contributed by atoms with Crippen molar-refractivity contribution in [3.63, 3.8) is 0 Å². The van der Waals surface area contributed by atoms with Crippen molar-refractivity contribution >= 4 is 15.8 Å². The molecule has 1 aromatic carbocycles. The number of guanidine groups is 1. The van der Waals surface area contributed by atoms with Gasteiger partial charge in [0.25, 0.3) is 0 Å². The fourth-order valence-electron chi connectivity index (χ4n) is 2.37. The molecule has 1 aliphatic carbocycles. The molecular weight excluding hydrogens is 298 g/mol. The molecule has 22 heavy (non-hydrogen) atoms. The molecule has 1 aliphatic rings. The van der Waals surface area contributed by atoms with Gasteiger partial charge in [-0.05, 0) is 30.7 Å². The number of nitrogens with one attached hydrogen (secondary N) is 1. The summed E-state index contributed by atoms with van der Waals surface area (Å²) in [5, 5.41) is 2.99. The fourth-order valence-corrected chi connectivity index (χ4v) is 3.80. The minimum atomic E-state index is -3.07. The van der Waals surface area contributed by atoms with E-state index in [1.807, 2.05) is 30.3 Å². The molecule has 0 heterocycles. The number of benzene rings is 1. The predicted octanol–water partition coefficient (Wildman–Crippen LogP) is 1.70. The zero-order valence-electron chi connectivity index (χ0n) is 12.9. The molecule has 0 amide bonds. The van der Waals surface area contributed by atoms with Crippen LogP contribution in [0.15, 0.2) is 35.3 Å². The van der Waals surface area contributed by atoms with Crippen LogP contribution in [-0.2, 0) is 15.6 Å². The lowest BCUT2D eigenvalue weighted by Crippen LogP contribution is -2.34. The van der Waals surface area contributed by atoms with E-state index in [4.69, 9.17) is 5.73 Å². The number of sulfone groups is 1. The Morgan fingerprint density at radius 3 is 2.64 bits per heavy atom. The van der Waals surface area contributed by atoms with Gasteiger partial charge in [-0.15, -0.1) is 0 Å². The normalized spacial score (nSPS) is 16.3. The van der Waals surface area contributed by atoms with Crippen LogP contribution in [0.3, 0.4) is 0 Å². The SMILES string of the molecule is NC(=NCC1CCC1)NCCCS(=O)(=O)Cc1ccccc1. The second kappa shape index (κ2) is 8.17. The summed E-state index contributed by atoms with van der Waals surface area (Å²) in [5.74, 6) is 1.36. The molecule has 6 heteroatoms. The number of rotatable bonds is 8. The number of hydrogen-bond donors (Lipinski definition) is 2. The summed E-state index contributed by atoms with van der Waals surface area (Å²) in [5.41, 5.74) is 6.59. The standard InChI is InChI=1S/C16H25N3O2S/c17-16(19-12-14-8-4-9-14)18-10-5-11-22(20,21)13-15-6-2-1-3-7-15/h1-3,6-7,14H,4-5,8-13H2,(H3,17,18,19). The van der Waals surface area contributed by atoms with E-state index >= 15 is 0 Å². The van der Waals surface area contributed by atoms with E-state index in [1.165, 1.54) is 19.3 Å². The lowest BCUT2D eigenvalue weighted by atomic mass is 9.86. The monoisotopic (exact) mass is 323 g/mol. The van der Waals surface area contributed by atoms with Crippen molar-refractivity contribution in [1.29, 1.82) is 0 Å². The van der Waals surface area contributed by atoms with Gasteiger partial charge in [0.05, 0.1) is 11.5 Å². The molecule has 1 aromatic rings. The number of nitrogens with zero attached hydrogens (tertiary/aromatic N) is 1. The Hall–Kier alpha value is -1.56. The van der Waals surface area contributed by atoms with Crippen LogP contribution >= 0.6 is 0 Å². The highest BCUT2D eigenvalue weighted by atomic mass is 32.2. The van der Waals surface area contributed by atoms with Gasteiger partial charge in [-0.25, -0.2) is 8.42 Å². The van der Waals surface area contributed by atoms with Gasteiger partial charge in [-0.2, -0.15) is 0 Å². The lowest BCUT2D eigenvalue weighted by Gasteiger charge is -2.23. The Balaban J connectivity index is 1.64. The van der Waals surface area contributed by atoms with Gasteiger partial charge >= 0.3 is 0 Å². The Kier molecular flexibility index (Phi) is 6.24. The van der Waals surface area contributed by atoms with Gasteiger partial charge in [0.15, 0.2) is 15.8 Å². The van der Waals surface area contributed by atoms with Gasteiger partial charge in [-0.3, -0.25) is 4.99 Å². The summed E-state index contributed by atoms with van der Waals surface area (Å²) in [6.45, 7) is 1.32. The van der Waals surface area contributed by atoms with E-state index in [0.717, 1.165) is 12.1 Å². The number of aliphatic imine (C=N–C) groups is 1. The predicted molar refractivity (Wildman–Crippen MR) is 90.4 cm³/mol. The maximum Gasteiger partial charge on any atom is 0.188 e. The highest BCUT2D eigenvalue weighted by molar-refractivity contribution is 7.90. The third kappa shape index (κ3) is 6.05. The molecular formula is C16H25N3O2S. The van der Waals surface area contributed by atoms with Gasteiger partial charge in [0.1, 0.15) is 0 Å². The van der Waals surface area contributed by atoms with Crippen LogP contribution in [0.1, 0.15) is 31.2 Å². The minimum absolute atomic E-state index is 0.0963. The smallest absolute Gasteiger partial charge is 0.188 e. The second-order valence-corrected chi connectivity index (χ2v) is 8.06. The van der Waals surface area contributed by atoms with Crippen molar-refractivity contribution in [2.75, 3.05) is 18.8 Å². The fraction of sp³-hybridized carbons (Fsp3) is 0.562. The maximum atomic E-state index is 12.0. The summed E-state index contributed by atoms with van der Waals surface area (Å²) < 4.78 is 24.0. The summed E-state index contributed by atoms with van der Waals surface area (Å²) in [6, 6.07) is 9.25. The van der Waals surface area contributed by atoms with E-state index in [2.05, 4.69) is 10.3 Å². The van der Waals surface area contributed by atoms with Crippen LogP contribution < -0.4 is 11.1 Å². The third-order valence-electron chi connectivity index (χ3n) is 3.91. The maximum absolute atomic E-state index is 12.0. The van der Waals surface area contributed by atoms with Crippen LogP contribution in [0.5, 0.6) is 0 Å². The lowest BCUT2D eigenvalue weighted by molar-refractivity contribution is 0.326. The molecule has 2 rings (SSSR count). The van der Waals surface area contributed by atoms with Crippen LogP contribution in [0.4, 0.5) is 0 Å². The molecule has 3 N–H and O–H groups in total. The molecule has 1 saturated carbocycles. The average molecular weight is 323 g/mol. The molecule has 0 aromatic heterocycles. The Labute approximate surface area is 132 Å². The largest absolute Gasteiger partial charge is 0.370 e. The first-order valence-corrected chi connectivity index (χ1v) is 9.65. The Morgan fingerprint density at radius 1 is 1.27 bits per heavy atom. The van der Waals surface area contributed by atoms with Crippen LogP contribution in [0.25, 0.3) is 0 Å². The van der Waals surface area contributed by atoms with Gasteiger partial charge in [0, 0.05) is 13.1 Å². The van der Waals surface area contributed by atoms with Crippen molar-refractivity contribution in [2.24, 2.45) is 16.6 Å². The van der Waals surface area contributed by atoms with Crippen molar-refractivity contribution in [3.8, 4) is 0 Å². The van der Waals surface area contributed by atoms with Crippen LogP contribution in [0.2, 0.25) is 0 Å². The molecule has 5 nitrogen and oxygen atoms in total. The van der Waals surface area contributed by atoms with Gasteiger partial charge < -0.3 is 11.1 Å². The Bertz CT molecular complexity index is 581. The highest BCUT2D eigenvalue weighted by Gasteiger charge is 2.16. The molecule has 0 saturated heterocycles. The average Bonchev–Trinajstić information content (AvgIpc) is 2.42. The first-order valence-electron chi connectivity index (χ1n) is 7.83. The van der Waals surface area contributed by atoms with Gasteiger partial charge in [-0.1, -0.05) is 36.8 Å². The van der Waals surface area contributed by atoms with Crippen molar-refractivity contribution in [2.45, 2.75) is 31.4 Å². The summed E-state index contributed by atoms with van der Waals surface area (Å²) in [7, 11) is -3.07. The minimum Gasteiger partial charge on any atom is -0.370 e. The first kappa shape index (κ1) is 16.8. The summed E-state index contributed by atoms with van der Waals surface area (Å²) in [6.07, 6.45) is 4.32. The van der Waals surface area contributed by atoms with E-state index in [-0.39, 0.29) is 11.5 Å². The molecule has 122 valence electrons. The van der Waals surface area contributed by atoms with Crippen molar-refractivity contribution in [3.05, 3.63) is 35.9 Å². The van der Waals surface area contributed by atoms with E-state index in [1.54, 1.807) is 0 Å². The Morgan fingerprint density at radius 2 is 2.00 bits per heavy atom.